The van der Waals surface area contributed by atoms with Crippen LogP contribution in [0.4, 0.5) is 17.5 Å². The summed E-state index contributed by atoms with van der Waals surface area (Å²) >= 11 is 7.57. The van der Waals surface area contributed by atoms with Crippen LogP contribution in [0.2, 0.25) is 5.02 Å². The summed E-state index contributed by atoms with van der Waals surface area (Å²) in [4.78, 5) is 16.2. The van der Waals surface area contributed by atoms with Crippen LogP contribution in [0.1, 0.15) is 39.0 Å². The number of piperidine rings is 1. The Bertz CT molecular complexity index is 837. The first-order valence-corrected chi connectivity index (χ1v) is 10.6. The lowest BCUT2D eigenvalue weighted by atomic mass is 9.71. The normalized spacial score (nSPS) is 21.7. The number of nitrogens with two attached hydrogens (primary N) is 2. The molecule has 0 amide bonds. The highest BCUT2D eigenvalue weighted by atomic mass is 35.5. The number of halogens is 1. The quantitative estimate of drug-likeness (QED) is 0.789. The van der Waals surface area contributed by atoms with Crippen LogP contribution in [0.25, 0.3) is 0 Å². The summed E-state index contributed by atoms with van der Waals surface area (Å²) in [6.07, 6.45) is 10.0. The Hall–Kier alpha value is -1.73. The largest absolute Gasteiger partial charge is 0.382 e. The Morgan fingerprint density at radius 1 is 1.19 bits per heavy atom. The smallest absolute Gasteiger partial charge is 0.158 e. The van der Waals surface area contributed by atoms with Crippen LogP contribution < -0.4 is 16.4 Å². The minimum Gasteiger partial charge on any atom is -0.382 e. The van der Waals surface area contributed by atoms with Crippen molar-refractivity contribution in [2.24, 2.45) is 11.3 Å². The molecule has 0 radical (unpaired) electrons. The molecule has 2 aromatic rings. The van der Waals surface area contributed by atoms with Crippen molar-refractivity contribution in [3.05, 3.63) is 23.5 Å². The van der Waals surface area contributed by atoms with Crippen molar-refractivity contribution in [1.82, 2.24) is 15.0 Å². The summed E-state index contributed by atoms with van der Waals surface area (Å²) in [5, 5.41) is 1.05. The van der Waals surface area contributed by atoms with E-state index in [1.54, 1.807) is 12.3 Å². The molecule has 0 bridgehead atoms. The fourth-order valence-electron chi connectivity index (χ4n) is 4.47. The minimum atomic E-state index is 0.299. The van der Waals surface area contributed by atoms with E-state index in [0.29, 0.717) is 27.1 Å². The van der Waals surface area contributed by atoms with Gasteiger partial charge in [-0.3, -0.25) is 0 Å². The van der Waals surface area contributed by atoms with E-state index in [1.165, 1.54) is 43.9 Å². The highest BCUT2D eigenvalue weighted by Gasteiger charge is 2.42. The van der Waals surface area contributed by atoms with Crippen LogP contribution in [0.3, 0.4) is 0 Å². The van der Waals surface area contributed by atoms with Gasteiger partial charge in [-0.1, -0.05) is 43.1 Å². The average Bonchev–Trinajstić information content (AvgIpc) is 3.01. The monoisotopic (exact) mass is 404 g/mol. The second kappa shape index (κ2) is 7.36. The van der Waals surface area contributed by atoms with E-state index in [9.17, 15) is 0 Å². The zero-order chi connectivity index (χ0) is 19.0. The molecule has 1 atom stereocenters. The first-order chi connectivity index (χ1) is 13.0. The van der Waals surface area contributed by atoms with E-state index in [-0.39, 0.29) is 0 Å². The molecule has 2 aliphatic rings. The third-order valence-electron chi connectivity index (χ3n) is 6.28. The second-order valence-electron chi connectivity index (χ2n) is 7.67. The van der Waals surface area contributed by atoms with Crippen molar-refractivity contribution in [2.75, 3.05) is 29.5 Å². The van der Waals surface area contributed by atoms with E-state index in [0.717, 1.165) is 29.7 Å². The first-order valence-electron chi connectivity index (χ1n) is 9.44. The molecule has 1 aliphatic carbocycles. The Labute approximate surface area is 169 Å². The van der Waals surface area contributed by atoms with Crippen LogP contribution in [0.15, 0.2) is 28.4 Å². The van der Waals surface area contributed by atoms with Crippen LogP contribution >= 0.6 is 23.4 Å². The molecule has 0 unspecified atom stereocenters. The number of hydrogen-bond donors (Lipinski definition) is 2. The molecular formula is C19H25ClN6S. The van der Waals surface area contributed by atoms with Crippen molar-refractivity contribution < 1.29 is 0 Å². The van der Waals surface area contributed by atoms with Gasteiger partial charge in [0.1, 0.15) is 16.7 Å². The molecule has 1 aliphatic heterocycles. The highest BCUT2D eigenvalue weighted by molar-refractivity contribution is 7.99. The van der Waals surface area contributed by atoms with Gasteiger partial charge in [0.2, 0.25) is 0 Å². The molecule has 2 aromatic heterocycles. The van der Waals surface area contributed by atoms with Gasteiger partial charge in [-0.2, -0.15) is 0 Å². The van der Waals surface area contributed by atoms with Crippen molar-refractivity contribution in [1.29, 1.82) is 0 Å². The maximum atomic E-state index is 6.21. The second-order valence-corrected chi connectivity index (χ2v) is 9.08. The minimum absolute atomic E-state index is 0.299. The standard InChI is InChI=1S/C19H25ClN6S/c1-12-3-2-5-19(12)6-9-26(10-7-19)14-11-24-18(17(22)25-14)27-13-4-8-23-16(21)15(13)20/h4,8,11-12H,2-3,5-7,9-10H2,1H3,(H2,21,23)(H2,22,25)/t12-/m1/s1. The summed E-state index contributed by atoms with van der Waals surface area (Å²) in [5.41, 5.74) is 12.5. The predicted molar refractivity (Wildman–Crippen MR) is 111 cm³/mol. The maximum absolute atomic E-state index is 6.21. The van der Waals surface area contributed by atoms with Crippen LogP contribution in [0, 0.1) is 11.3 Å². The molecular weight excluding hydrogens is 380 g/mol. The molecule has 1 saturated heterocycles. The maximum Gasteiger partial charge on any atom is 0.158 e. The lowest BCUT2D eigenvalue weighted by molar-refractivity contribution is 0.161. The SMILES string of the molecule is C[C@@H]1CCCC12CCN(c1cnc(Sc3ccnc(N)c3Cl)c(N)n1)CC2. The average molecular weight is 405 g/mol. The Balaban J connectivity index is 1.47. The van der Waals surface area contributed by atoms with Gasteiger partial charge >= 0.3 is 0 Å². The van der Waals surface area contributed by atoms with Crippen molar-refractivity contribution in [3.8, 4) is 0 Å². The van der Waals surface area contributed by atoms with Gasteiger partial charge in [-0.15, -0.1) is 0 Å². The molecule has 8 heteroatoms. The van der Waals surface area contributed by atoms with Crippen molar-refractivity contribution in [3.63, 3.8) is 0 Å². The van der Waals surface area contributed by atoms with E-state index < -0.39 is 0 Å². The summed E-state index contributed by atoms with van der Waals surface area (Å²) in [5.74, 6) is 2.41. The Morgan fingerprint density at radius 3 is 2.63 bits per heavy atom. The number of nitrogens with zero attached hydrogens (tertiary/aromatic N) is 4. The Morgan fingerprint density at radius 2 is 1.96 bits per heavy atom. The summed E-state index contributed by atoms with van der Waals surface area (Å²) < 4.78 is 0. The summed E-state index contributed by atoms with van der Waals surface area (Å²) in [6, 6.07) is 1.80. The molecule has 6 nitrogen and oxygen atoms in total. The van der Waals surface area contributed by atoms with E-state index in [4.69, 9.17) is 23.1 Å². The molecule has 144 valence electrons. The number of hydrogen-bond acceptors (Lipinski definition) is 7. The molecule has 4 N–H and O–H groups in total. The fourth-order valence-corrected chi connectivity index (χ4v) is 5.49. The van der Waals surface area contributed by atoms with Gasteiger partial charge in [0, 0.05) is 24.2 Å². The van der Waals surface area contributed by atoms with E-state index >= 15 is 0 Å². The lowest BCUT2D eigenvalue weighted by Crippen LogP contribution is -2.41. The van der Waals surface area contributed by atoms with Gasteiger partial charge in [-0.05, 0) is 36.7 Å². The Kier molecular flexibility index (Phi) is 5.07. The van der Waals surface area contributed by atoms with Gasteiger partial charge in [0.05, 0.1) is 11.2 Å². The number of nitrogen functional groups attached to an aromatic ring is 2. The number of anilines is 3. The summed E-state index contributed by atoms with van der Waals surface area (Å²) in [7, 11) is 0. The zero-order valence-electron chi connectivity index (χ0n) is 15.5. The number of aromatic nitrogens is 3. The van der Waals surface area contributed by atoms with Crippen molar-refractivity contribution in [2.45, 2.75) is 48.9 Å². The first kappa shape index (κ1) is 18.6. The van der Waals surface area contributed by atoms with Crippen LogP contribution in [-0.4, -0.2) is 28.0 Å². The summed E-state index contributed by atoms with van der Waals surface area (Å²) in [6.45, 7) is 4.47. The molecule has 0 aromatic carbocycles. The third kappa shape index (κ3) is 3.55. The van der Waals surface area contributed by atoms with Gasteiger partial charge in [0.15, 0.2) is 5.82 Å². The third-order valence-corrected chi connectivity index (χ3v) is 7.86. The van der Waals surface area contributed by atoms with Gasteiger partial charge < -0.3 is 16.4 Å². The predicted octanol–water partition coefficient (Wildman–Crippen LogP) is 4.25. The number of pyridine rings is 1. The molecule has 1 saturated carbocycles. The topological polar surface area (TPSA) is 94.0 Å². The van der Waals surface area contributed by atoms with Gasteiger partial charge in [0.25, 0.3) is 0 Å². The lowest BCUT2D eigenvalue weighted by Gasteiger charge is -2.42. The van der Waals surface area contributed by atoms with Crippen LogP contribution in [0.5, 0.6) is 0 Å². The zero-order valence-corrected chi connectivity index (χ0v) is 17.1. The molecule has 2 fully saturated rings. The van der Waals surface area contributed by atoms with E-state index in [2.05, 4.69) is 26.8 Å². The van der Waals surface area contributed by atoms with Crippen LogP contribution in [-0.2, 0) is 0 Å². The highest BCUT2D eigenvalue weighted by Crippen LogP contribution is 2.50. The molecule has 4 rings (SSSR count). The van der Waals surface area contributed by atoms with Gasteiger partial charge in [-0.25, -0.2) is 15.0 Å². The molecule has 3 heterocycles. The molecule has 27 heavy (non-hydrogen) atoms. The number of rotatable bonds is 3. The molecule has 1 spiro atoms. The van der Waals surface area contributed by atoms with Crippen molar-refractivity contribution >= 4 is 40.8 Å². The van der Waals surface area contributed by atoms with E-state index in [1.807, 2.05) is 6.20 Å². The fraction of sp³-hybridized carbons (Fsp3) is 0.526.